The van der Waals surface area contributed by atoms with Crippen LogP contribution < -0.4 is 10.6 Å². The van der Waals surface area contributed by atoms with E-state index in [2.05, 4.69) is 29.5 Å². The van der Waals surface area contributed by atoms with Crippen LogP contribution in [-0.4, -0.2) is 45.4 Å². The molecule has 0 aliphatic carbocycles. The molecule has 0 spiro atoms. The average Bonchev–Trinajstić information content (AvgIpc) is 2.63. The Kier molecular flexibility index (Phi) is 9.80. The molecule has 1 aromatic carbocycles. The summed E-state index contributed by atoms with van der Waals surface area (Å²) < 4.78 is 22.7. The minimum atomic E-state index is -3.02. The van der Waals surface area contributed by atoms with E-state index in [1.54, 1.807) is 0 Å². The fourth-order valence-electron chi connectivity index (χ4n) is 3.01. The average molecular weight is 398 g/mol. The predicted octanol–water partition coefficient (Wildman–Crippen LogP) is 2.48. The number of sulfone groups is 1. The van der Waals surface area contributed by atoms with Crippen LogP contribution in [0.4, 0.5) is 0 Å². The summed E-state index contributed by atoms with van der Waals surface area (Å²) in [4.78, 5) is 4.63. The third-order valence-corrected chi connectivity index (χ3v) is 5.85. The first kappa shape index (κ1) is 23.4. The van der Waals surface area contributed by atoms with E-state index in [-0.39, 0.29) is 17.8 Å². The number of aliphatic imine (C=N–C) groups is 1. The van der Waals surface area contributed by atoms with Gasteiger partial charge in [0.2, 0.25) is 0 Å². The van der Waals surface area contributed by atoms with Crippen molar-refractivity contribution in [1.82, 2.24) is 10.6 Å². The quantitative estimate of drug-likeness (QED) is 0.394. The van der Waals surface area contributed by atoms with Crippen molar-refractivity contribution in [3.63, 3.8) is 0 Å². The standard InChI is InChI=1S/C20H35N3O3S/c1-5-20(6-2,12-13-24)16-23-19(21-7-3)22-14-17-8-10-18(11-9-17)15-27(4,25)26/h8-11,24H,5-7,12-16H2,1-4H3,(H2,21,22,23). The minimum absolute atomic E-state index is 0.0573. The lowest BCUT2D eigenvalue weighted by Crippen LogP contribution is -2.43. The van der Waals surface area contributed by atoms with Crippen LogP contribution >= 0.6 is 0 Å². The normalized spacial score (nSPS) is 12.9. The molecule has 27 heavy (non-hydrogen) atoms. The number of rotatable bonds is 11. The summed E-state index contributed by atoms with van der Waals surface area (Å²) >= 11 is 0. The molecule has 0 heterocycles. The Morgan fingerprint density at radius 2 is 1.67 bits per heavy atom. The van der Waals surface area contributed by atoms with Gasteiger partial charge >= 0.3 is 0 Å². The maximum absolute atomic E-state index is 11.4. The fraction of sp³-hybridized carbons (Fsp3) is 0.650. The van der Waals surface area contributed by atoms with E-state index in [1.807, 2.05) is 31.2 Å². The van der Waals surface area contributed by atoms with E-state index in [0.29, 0.717) is 6.54 Å². The number of benzene rings is 1. The van der Waals surface area contributed by atoms with Crippen LogP contribution in [-0.2, 0) is 22.1 Å². The van der Waals surface area contributed by atoms with Crippen molar-refractivity contribution in [1.29, 1.82) is 0 Å². The zero-order valence-corrected chi connectivity index (χ0v) is 17.9. The first-order valence-electron chi connectivity index (χ1n) is 9.66. The summed E-state index contributed by atoms with van der Waals surface area (Å²) in [5.74, 6) is 0.809. The highest BCUT2D eigenvalue weighted by molar-refractivity contribution is 7.89. The van der Waals surface area contributed by atoms with Gasteiger partial charge in [0.05, 0.1) is 12.3 Å². The molecule has 1 aromatic rings. The van der Waals surface area contributed by atoms with E-state index < -0.39 is 9.84 Å². The number of hydrogen-bond acceptors (Lipinski definition) is 4. The molecule has 0 amide bonds. The van der Waals surface area contributed by atoms with Crippen molar-refractivity contribution in [2.45, 2.75) is 52.3 Å². The molecule has 0 atom stereocenters. The Morgan fingerprint density at radius 3 is 2.15 bits per heavy atom. The molecule has 7 heteroatoms. The molecule has 0 aliphatic rings. The van der Waals surface area contributed by atoms with Gasteiger partial charge < -0.3 is 15.7 Å². The first-order valence-corrected chi connectivity index (χ1v) is 11.7. The minimum Gasteiger partial charge on any atom is -0.396 e. The van der Waals surface area contributed by atoms with E-state index >= 15 is 0 Å². The topological polar surface area (TPSA) is 90.8 Å². The molecule has 0 aliphatic heterocycles. The van der Waals surface area contributed by atoms with Crippen molar-refractivity contribution in [2.24, 2.45) is 10.4 Å². The number of aliphatic hydroxyl groups is 1. The summed E-state index contributed by atoms with van der Waals surface area (Å²) in [7, 11) is -3.02. The second-order valence-electron chi connectivity index (χ2n) is 7.12. The van der Waals surface area contributed by atoms with Gasteiger partial charge in [-0.2, -0.15) is 0 Å². The Bertz CT molecular complexity index is 681. The van der Waals surface area contributed by atoms with Crippen LogP contribution in [0.1, 0.15) is 51.2 Å². The van der Waals surface area contributed by atoms with E-state index in [1.165, 1.54) is 6.26 Å². The van der Waals surface area contributed by atoms with Gasteiger partial charge in [0.15, 0.2) is 15.8 Å². The third-order valence-electron chi connectivity index (χ3n) is 4.99. The Labute approximate surface area is 164 Å². The maximum atomic E-state index is 11.4. The molecule has 3 N–H and O–H groups in total. The molecule has 1 rings (SSSR count). The van der Waals surface area contributed by atoms with Gasteiger partial charge in [-0.1, -0.05) is 38.1 Å². The number of aliphatic hydroxyl groups excluding tert-OH is 1. The highest BCUT2D eigenvalue weighted by Crippen LogP contribution is 2.29. The second-order valence-corrected chi connectivity index (χ2v) is 9.26. The van der Waals surface area contributed by atoms with Crippen molar-refractivity contribution in [2.75, 3.05) is 26.0 Å². The van der Waals surface area contributed by atoms with Gasteiger partial charge in [0.25, 0.3) is 0 Å². The highest BCUT2D eigenvalue weighted by atomic mass is 32.2. The van der Waals surface area contributed by atoms with Gasteiger partial charge in [-0.3, -0.25) is 0 Å². The van der Waals surface area contributed by atoms with Crippen LogP contribution in [0.25, 0.3) is 0 Å². The lowest BCUT2D eigenvalue weighted by Gasteiger charge is -2.32. The number of hydrogen-bond donors (Lipinski definition) is 3. The summed E-state index contributed by atoms with van der Waals surface area (Å²) in [5.41, 5.74) is 1.88. The number of nitrogens with zero attached hydrogens (tertiary/aromatic N) is 1. The summed E-state index contributed by atoms with van der Waals surface area (Å²) in [6, 6.07) is 7.52. The van der Waals surface area contributed by atoms with Gasteiger partial charge in [-0.05, 0) is 42.7 Å². The second kappa shape index (κ2) is 11.3. The molecule has 0 unspecified atom stereocenters. The molecule has 6 nitrogen and oxygen atoms in total. The Morgan fingerprint density at radius 1 is 1.07 bits per heavy atom. The molecule has 0 saturated heterocycles. The zero-order valence-electron chi connectivity index (χ0n) is 17.1. The van der Waals surface area contributed by atoms with Crippen LogP contribution in [0.5, 0.6) is 0 Å². The molecular weight excluding hydrogens is 362 g/mol. The monoisotopic (exact) mass is 397 g/mol. The summed E-state index contributed by atoms with van der Waals surface area (Å²) in [6.45, 7) is 8.57. The SMILES string of the molecule is CCNC(=NCc1ccc(CS(C)(=O)=O)cc1)NCC(CC)(CC)CCO. The smallest absolute Gasteiger partial charge is 0.191 e. The maximum Gasteiger partial charge on any atom is 0.191 e. The van der Waals surface area contributed by atoms with E-state index in [0.717, 1.165) is 49.4 Å². The van der Waals surface area contributed by atoms with Crippen LogP contribution in [0.2, 0.25) is 0 Å². The molecule has 0 aromatic heterocycles. The van der Waals surface area contributed by atoms with Gasteiger partial charge in [-0.25, -0.2) is 13.4 Å². The van der Waals surface area contributed by atoms with Crippen molar-refractivity contribution < 1.29 is 13.5 Å². The highest BCUT2D eigenvalue weighted by Gasteiger charge is 2.25. The van der Waals surface area contributed by atoms with Gasteiger partial charge in [-0.15, -0.1) is 0 Å². The van der Waals surface area contributed by atoms with Crippen molar-refractivity contribution in [3.05, 3.63) is 35.4 Å². The zero-order chi connectivity index (χ0) is 20.3. The van der Waals surface area contributed by atoms with E-state index in [9.17, 15) is 13.5 Å². The summed E-state index contributed by atoms with van der Waals surface area (Å²) in [6.07, 6.45) is 4.01. The Hall–Kier alpha value is -1.60. The lowest BCUT2D eigenvalue weighted by molar-refractivity contribution is 0.169. The number of guanidine groups is 1. The van der Waals surface area contributed by atoms with Gasteiger partial charge in [0.1, 0.15) is 0 Å². The summed E-state index contributed by atoms with van der Waals surface area (Å²) in [5, 5.41) is 16.0. The van der Waals surface area contributed by atoms with E-state index in [4.69, 9.17) is 0 Å². The molecule has 0 saturated carbocycles. The first-order chi connectivity index (χ1) is 12.8. The lowest BCUT2D eigenvalue weighted by atomic mass is 9.79. The largest absolute Gasteiger partial charge is 0.396 e. The molecular formula is C20H35N3O3S. The van der Waals surface area contributed by atoms with Crippen LogP contribution in [0.3, 0.4) is 0 Å². The predicted molar refractivity (Wildman–Crippen MR) is 113 cm³/mol. The third kappa shape index (κ3) is 8.75. The molecule has 0 fully saturated rings. The van der Waals surface area contributed by atoms with Crippen molar-refractivity contribution >= 4 is 15.8 Å². The molecule has 154 valence electrons. The van der Waals surface area contributed by atoms with Crippen LogP contribution in [0, 0.1) is 5.41 Å². The Balaban J connectivity index is 2.75. The molecule has 0 bridgehead atoms. The fourth-order valence-corrected chi connectivity index (χ4v) is 3.80. The van der Waals surface area contributed by atoms with Crippen molar-refractivity contribution in [3.8, 4) is 0 Å². The number of nitrogens with one attached hydrogen (secondary N) is 2. The molecule has 0 radical (unpaired) electrons. The van der Waals surface area contributed by atoms with Crippen LogP contribution in [0.15, 0.2) is 29.3 Å². The van der Waals surface area contributed by atoms with Gasteiger partial charge in [0, 0.05) is 26.0 Å².